The first-order valence-electron chi connectivity index (χ1n) is 5.98. The maximum Gasteiger partial charge on any atom is 0.252 e. The summed E-state index contributed by atoms with van der Waals surface area (Å²) in [5.74, 6) is -0.938. The van der Waals surface area contributed by atoms with Crippen LogP contribution in [0.4, 0.5) is 0 Å². The Hall–Kier alpha value is -2.14. The zero-order valence-corrected chi connectivity index (χ0v) is 12.1. The van der Waals surface area contributed by atoms with Crippen molar-refractivity contribution in [2.24, 2.45) is 5.73 Å². The van der Waals surface area contributed by atoms with Crippen LogP contribution >= 0.6 is 15.9 Å². The molecule has 0 bridgehead atoms. The van der Waals surface area contributed by atoms with Crippen LogP contribution in [-0.4, -0.2) is 11.8 Å². The fourth-order valence-corrected chi connectivity index (χ4v) is 2.04. The fraction of sp³-hybridized carbons (Fsp3) is 0.0667. The molecule has 0 aromatic heterocycles. The van der Waals surface area contributed by atoms with Gasteiger partial charge in [-0.25, -0.2) is 0 Å². The lowest BCUT2D eigenvalue weighted by Gasteiger charge is -2.15. The van der Waals surface area contributed by atoms with Crippen molar-refractivity contribution in [3.05, 3.63) is 70.2 Å². The minimum absolute atomic E-state index is 0.342. The lowest BCUT2D eigenvalue weighted by Crippen LogP contribution is -2.37. The molecule has 0 aliphatic heterocycles. The number of nitrogens with two attached hydrogens (primary N) is 1. The SMILES string of the molecule is NC(=O)C(NC(=O)c1ccc(Br)cc1)c1ccccc1. The lowest BCUT2D eigenvalue weighted by atomic mass is 10.1. The molecular weight excluding hydrogens is 320 g/mol. The smallest absolute Gasteiger partial charge is 0.252 e. The molecule has 20 heavy (non-hydrogen) atoms. The highest BCUT2D eigenvalue weighted by Crippen LogP contribution is 2.14. The number of rotatable bonds is 4. The van der Waals surface area contributed by atoms with Crippen LogP contribution in [0.5, 0.6) is 0 Å². The number of primary amides is 1. The van der Waals surface area contributed by atoms with Gasteiger partial charge in [-0.2, -0.15) is 0 Å². The van der Waals surface area contributed by atoms with Crippen LogP contribution in [0.25, 0.3) is 0 Å². The van der Waals surface area contributed by atoms with E-state index < -0.39 is 11.9 Å². The van der Waals surface area contributed by atoms with E-state index in [-0.39, 0.29) is 5.91 Å². The molecule has 0 fully saturated rings. The first-order chi connectivity index (χ1) is 9.58. The maximum atomic E-state index is 12.1. The monoisotopic (exact) mass is 332 g/mol. The summed E-state index contributed by atoms with van der Waals surface area (Å²) in [4.78, 5) is 23.6. The third-order valence-electron chi connectivity index (χ3n) is 2.80. The highest BCUT2D eigenvalue weighted by Gasteiger charge is 2.20. The van der Waals surface area contributed by atoms with Crippen LogP contribution in [0, 0.1) is 0 Å². The van der Waals surface area contributed by atoms with Crippen LogP contribution in [0.2, 0.25) is 0 Å². The van der Waals surface area contributed by atoms with Crippen molar-refractivity contribution >= 4 is 27.7 Å². The highest BCUT2D eigenvalue weighted by molar-refractivity contribution is 9.10. The Morgan fingerprint density at radius 2 is 1.60 bits per heavy atom. The van der Waals surface area contributed by atoms with Gasteiger partial charge in [0.25, 0.3) is 5.91 Å². The summed E-state index contributed by atoms with van der Waals surface area (Å²) in [7, 11) is 0. The molecule has 1 unspecified atom stereocenters. The van der Waals surface area contributed by atoms with Gasteiger partial charge < -0.3 is 11.1 Å². The molecule has 2 amide bonds. The average Bonchev–Trinajstić information content (AvgIpc) is 2.46. The summed E-state index contributed by atoms with van der Waals surface area (Å²) >= 11 is 3.30. The van der Waals surface area contributed by atoms with Gasteiger partial charge in [-0.05, 0) is 29.8 Å². The highest BCUT2D eigenvalue weighted by atomic mass is 79.9. The van der Waals surface area contributed by atoms with Gasteiger partial charge in [0.2, 0.25) is 5.91 Å². The summed E-state index contributed by atoms with van der Waals surface area (Å²) in [5, 5.41) is 2.64. The Labute approximate surface area is 125 Å². The van der Waals surface area contributed by atoms with Gasteiger partial charge in [0.05, 0.1) is 0 Å². The first-order valence-corrected chi connectivity index (χ1v) is 6.78. The zero-order chi connectivity index (χ0) is 14.5. The predicted molar refractivity (Wildman–Crippen MR) is 80.0 cm³/mol. The van der Waals surface area contributed by atoms with Gasteiger partial charge in [0, 0.05) is 10.0 Å². The van der Waals surface area contributed by atoms with E-state index in [4.69, 9.17) is 5.73 Å². The molecule has 0 aliphatic carbocycles. The van der Waals surface area contributed by atoms with Gasteiger partial charge in [-0.15, -0.1) is 0 Å². The maximum absolute atomic E-state index is 12.1. The van der Waals surface area contributed by atoms with E-state index in [2.05, 4.69) is 21.2 Å². The Morgan fingerprint density at radius 1 is 1.00 bits per heavy atom. The Morgan fingerprint density at radius 3 is 2.15 bits per heavy atom. The predicted octanol–water partition coefficient (Wildman–Crippen LogP) is 2.41. The molecule has 102 valence electrons. The van der Waals surface area contributed by atoms with Crippen LogP contribution in [-0.2, 0) is 4.79 Å². The van der Waals surface area contributed by atoms with Gasteiger partial charge in [0.1, 0.15) is 6.04 Å². The van der Waals surface area contributed by atoms with Crippen LogP contribution in [0.3, 0.4) is 0 Å². The fourth-order valence-electron chi connectivity index (χ4n) is 1.78. The van der Waals surface area contributed by atoms with E-state index >= 15 is 0 Å². The van der Waals surface area contributed by atoms with E-state index in [1.165, 1.54) is 0 Å². The van der Waals surface area contributed by atoms with Crippen molar-refractivity contribution in [1.29, 1.82) is 0 Å². The van der Waals surface area contributed by atoms with E-state index in [0.717, 1.165) is 4.47 Å². The summed E-state index contributed by atoms with van der Waals surface area (Å²) < 4.78 is 0.878. The Bertz CT molecular complexity index is 612. The molecule has 0 aliphatic rings. The Balaban J connectivity index is 2.19. The number of carbonyl (C=O) groups excluding carboxylic acids is 2. The minimum atomic E-state index is -0.840. The van der Waals surface area contributed by atoms with Crippen molar-refractivity contribution in [3.8, 4) is 0 Å². The van der Waals surface area contributed by atoms with E-state index in [9.17, 15) is 9.59 Å². The van der Waals surface area contributed by atoms with Gasteiger partial charge in [-0.1, -0.05) is 46.3 Å². The molecule has 3 N–H and O–H groups in total. The standard InChI is InChI=1S/C15H13BrN2O2/c16-12-8-6-11(7-9-12)15(20)18-13(14(17)19)10-4-2-1-3-5-10/h1-9,13H,(H2,17,19)(H,18,20). The molecule has 0 saturated carbocycles. The molecule has 4 nitrogen and oxygen atoms in total. The minimum Gasteiger partial charge on any atom is -0.368 e. The quantitative estimate of drug-likeness (QED) is 0.902. The van der Waals surface area contributed by atoms with E-state index in [1.807, 2.05) is 6.07 Å². The molecule has 2 aromatic rings. The van der Waals surface area contributed by atoms with Crippen molar-refractivity contribution in [2.75, 3.05) is 0 Å². The second-order valence-corrected chi connectivity index (χ2v) is 5.14. The van der Waals surface area contributed by atoms with Crippen molar-refractivity contribution in [1.82, 2.24) is 5.32 Å². The number of halogens is 1. The number of nitrogens with one attached hydrogen (secondary N) is 1. The normalized spacial score (nSPS) is 11.7. The van der Waals surface area contributed by atoms with Gasteiger partial charge >= 0.3 is 0 Å². The first kappa shape index (κ1) is 14.3. The molecular formula is C15H13BrN2O2. The number of amides is 2. The van der Waals surface area contributed by atoms with E-state index in [1.54, 1.807) is 48.5 Å². The molecule has 1 atom stereocenters. The van der Waals surface area contributed by atoms with Crippen LogP contribution in [0.1, 0.15) is 22.0 Å². The molecule has 5 heteroatoms. The third-order valence-corrected chi connectivity index (χ3v) is 3.33. The second-order valence-electron chi connectivity index (χ2n) is 4.23. The topological polar surface area (TPSA) is 72.2 Å². The lowest BCUT2D eigenvalue weighted by molar-refractivity contribution is -0.120. The number of hydrogen-bond donors (Lipinski definition) is 2. The third kappa shape index (κ3) is 3.45. The van der Waals surface area contributed by atoms with Crippen LogP contribution in [0.15, 0.2) is 59.1 Å². The molecule has 2 rings (SSSR count). The summed E-state index contributed by atoms with van der Waals surface area (Å²) in [6.45, 7) is 0. The number of carbonyl (C=O) groups is 2. The van der Waals surface area contributed by atoms with Crippen molar-refractivity contribution < 1.29 is 9.59 Å². The molecule has 2 aromatic carbocycles. The number of benzene rings is 2. The summed E-state index contributed by atoms with van der Waals surface area (Å²) in [6, 6.07) is 14.9. The summed E-state index contributed by atoms with van der Waals surface area (Å²) in [5.41, 5.74) is 6.48. The van der Waals surface area contributed by atoms with Crippen molar-refractivity contribution in [2.45, 2.75) is 6.04 Å². The van der Waals surface area contributed by atoms with Crippen molar-refractivity contribution in [3.63, 3.8) is 0 Å². The zero-order valence-electron chi connectivity index (χ0n) is 10.5. The average molecular weight is 333 g/mol. The molecule has 0 saturated heterocycles. The largest absolute Gasteiger partial charge is 0.368 e. The van der Waals surface area contributed by atoms with Crippen LogP contribution < -0.4 is 11.1 Å². The molecule has 0 radical (unpaired) electrons. The summed E-state index contributed by atoms with van der Waals surface area (Å²) in [6.07, 6.45) is 0. The molecule has 0 spiro atoms. The van der Waals surface area contributed by atoms with Gasteiger partial charge in [0.15, 0.2) is 0 Å². The van der Waals surface area contributed by atoms with E-state index in [0.29, 0.717) is 11.1 Å². The number of hydrogen-bond acceptors (Lipinski definition) is 2. The second kappa shape index (κ2) is 6.34. The van der Waals surface area contributed by atoms with Gasteiger partial charge in [-0.3, -0.25) is 9.59 Å². The Kier molecular flexibility index (Phi) is 4.53. The molecule has 0 heterocycles.